The second-order valence-corrected chi connectivity index (χ2v) is 5.20. The Kier molecular flexibility index (Phi) is 3.79. The van der Waals surface area contributed by atoms with Crippen LogP contribution < -0.4 is 5.32 Å². The zero-order chi connectivity index (χ0) is 12.3. The molecule has 1 heterocycles. The fraction of sp³-hybridized carbons (Fsp3) is 0.571. The van der Waals surface area contributed by atoms with Gasteiger partial charge in [0.05, 0.1) is 12.7 Å². The molecule has 1 aliphatic rings. The molecule has 0 saturated carbocycles. The lowest BCUT2D eigenvalue weighted by atomic mass is 9.97. The second-order valence-electron chi connectivity index (χ2n) is 5.20. The van der Waals surface area contributed by atoms with Crippen LogP contribution in [0, 0.1) is 0 Å². The zero-order valence-corrected chi connectivity index (χ0v) is 10.5. The van der Waals surface area contributed by atoms with Crippen molar-refractivity contribution in [2.45, 2.75) is 32.0 Å². The van der Waals surface area contributed by atoms with E-state index >= 15 is 0 Å². The Labute approximate surface area is 102 Å². The van der Waals surface area contributed by atoms with Gasteiger partial charge in [0, 0.05) is 19.5 Å². The molecule has 1 fully saturated rings. The summed E-state index contributed by atoms with van der Waals surface area (Å²) in [6.45, 7) is 5.70. The van der Waals surface area contributed by atoms with E-state index in [1.165, 1.54) is 0 Å². The highest BCUT2D eigenvalue weighted by Crippen LogP contribution is 2.22. The second kappa shape index (κ2) is 5.15. The first-order valence-corrected chi connectivity index (χ1v) is 6.15. The first kappa shape index (κ1) is 12.5. The fourth-order valence-corrected chi connectivity index (χ4v) is 2.17. The summed E-state index contributed by atoms with van der Waals surface area (Å²) in [5, 5.41) is 3.30. The van der Waals surface area contributed by atoms with E-state index < -0.39 is 5.67 Å². The summed E-state index contributed by atoms with van der Waals surface area (Å²) in [4.78, 5) is 0. The van der Waals surface area contributed by atoms with Crippen LogP contribution in [0.3, 0.4) is 0 Å². The van der Waals surface area contributed by atoms with Gasteiger partial charge in [0.25, 0.3) is 0 Å². The third-order valence-corrected chi connectivity index (χ3v) is 2.87. The predicted octanol–water partition coefficient (Wildman–Crippen LogP) is 2.64. The number of morpholine rings is 1. The van der Waals surface area contributed by atoms with Gasteiger partial charge in [-0.05, 0) is 25.0 Å². The van der Waals surface area contributed by atoms with Crippen LogP contribution in [-0.2, 0) is 11.2 Å². The average Bonchev–Trinajstić information content (AvgIpc) is 2.28. The summed E-state index contributed by atoms with van der Waals surface area (Å²) in [7, 11) is 0. The van der Waals surface area contributed by atoms with Crippen LogP contribution in [0.2, 0.25) is 0 Å². The van der Waals surface area contributed by atoms with E-state index in [1.54, 1.807) is 13.8 Å². The molecule has 0 aliphatic carbocycles. The van der Waals surface area contributed by atoms with E-state index in [4.69, 9.17) is 4.74 Å². The van der Waals surface area contributed by atoms with Crippen molar-refractivity contribution in [3.63, 3.8) is 0 Å². The number of ether oxygens (including phenoxy) is 1. The molecule has 94 valence electrons. The molecule has 0 bridgehead atoms. The number of hydrogen-bond donors (Lipinski definition) is 1. The van der Waals surface area contributed by atoms with Crippen molar-refractivity contribution in [1.29, 1.82) is 0 Å². The molecular formula is C14H20FNO. The highest BCUT2D eigenvalue weighted by Gasteiger charge is 2.19. The van der Waals surface area contributed by atoms with Crippen molar-refractivity contribution in [2.24, 2.45) is 0 Å². The monoisotopic (exact) mass is 237 g/mol. The van der Waals surface area contributed by atoms with Crippen molar-refractivity contribution in [3.05, 3.63) is 35.4 Å². The van der Waals surface area contributed by atoms with Gasteiger partial charge in [-0.2, -0.15) is 0 Å². The summed E-state index contributed by atoms with van der Waals surface area (Å²) in [6.07, 6.45) is 0.549. The molecule has 0 aromatic heterocycles. The van der Waals surface area contributed by atoms with Gasteiger partial charge in [-0.15, -0.1) is 0 Å². The molecule has 1 aromatic rings. The number of benzene rings is 1. The molecule has 2 nitrogen and oxygen atoms in total. The first-order valence-electron chi connectivity index (χ1n) is 6.15. The van der Waals surface area contributed by atoms with Crippen molar-refractivity contribution in [3.8, 4) is 0 Å². The average molecular weight is 237 g/mol. The minimum atomic E-state index is -1.16. The maximum Gasteiger partial charge on any atom is 0.109 e. The van der Waals surface area contributed by atoms with Gasteiger partial charge in [-0.1, -0.05) is 24.3 Å². The number of alkyl halides is 1. The van der Waals surface area contributed by atoms with Crippen LogP contribution in [0.5, 0.6) is 0 Å². The summed E-state index contributed by atoms with van der Waals surface area (Å²) in [5.41, 5.74) is 1.01. The molecule has 1 aliphatic heterocycles. The number of nitrogens with one attached hydrogen (secondary N) is 1. The molecule has 1 aromatic carbocycles. The number of halogens is 1. The van der Waals surface area contributed by atoms with Gasteiger partial charge in [-0.25, -0.2) is 4.39 Å². The van der Waals surface area contributed by atoms with Crippen molar-refractivity contribution >= 4 is 0 Å². The van der Waals surface area contributed by atoms with E-state index in [-0.39, 0.29) is 6.10 Å². The van der Waals surface area contributed by atoms with E-state index in [2.05, 4.69) is 11.4 Å². The van der Waals surface area contributed by atoms with Crippen LogP contribution in [0.25, 0.3) is 0 Å². The summed E-state index contributed by atoms with van der Waals surface area (Å²) in [5.74, 6) is 0. The Balaban J connectivity index is 2.10. The van der Waals surface area contributed by atoms with E-state index in [0.717, 1.165) is 30.8 Å². The number of hydrogen-bond acceptors (Lipinski definition) is 2. The summed E-state index contributed by atoms with van der Waals surface area (Å²) in [6, 6.07) is 8.06. The Morgan fingerprint density at radius 1 is 1.47 bits per heavy atom. The molecule has 1 atom stereocenters. The molecule has 0 amide bonds. The highest BCUT2D eigenvalue weighted by atomic mass is 19.1. The molecule has 2 rings (SSSR count). The molecule has 1 saturated heterocycles. The standard InChI is InChI=1S/C14H20FNO/c1-14(2,15)9-11-4-3-5-12(8-11)13-10-16-6-7-17-13/h3-5,8,13,16H,6-7,9-10H2,1-2H3. The van der Waals surface area contributed by atoms with E-state index in [9.17, 15) is 4.39 Å². The predicted molar refractivity (Wildman–Crippen MR) is 66.9 cm³/mol. The van der Waals surface area contributed by atoms with Gasteiger partial charge in [0.15, 0.2) is 0 Å². The van der Waals surface area contributed by atoms with Gasteiger partial charge in [0.2, 0.25) is 0 Å². The van der Waals surface area contributed by atoms with Gasteiger partial charge >= 0.3 is 0 Å². The van der Waals surface area contributed by atoms with Crippen LogP contribution in [0.15, 0.2) is 24.3 Å². The van der Waals surface area contributed by atoms with Gasteiger partial charge in [-0.3, -0.25) is 0 Å². The SMILES string of the molecule is CC(C)(F)Cc1cccc(C2CNCCO2)c1. The Morgan fingerprint density at radius 2 is 2.29 bits per heavy atom. The molecule has 17 heavy (non-hydrogen) atoms. The third-order valence-electron chi connectivity index (χ3n) is 2.87. The first-order chi connectivity index (χ1) is 8.04. The lowest BCUT2D eigenvalue weighted by molar-refractivity contribution is 0.0276. The molecule has 1 unspecified atom stereocenters. The van der Waals surface area contributed by atoms with E-state index in [0.29, 0.717) is 6.42 Å². The van der Waals surface area contributed by atoms with Gasteiger partial charge in [0.1, 0.15) is 5.67 Å². The van der Waals surface area contributed by atoms with E-state index in [1.807, 2.05) is 18.2 Å². The van der Waals surface area contributed by atoms with Crippen LogP contribution in [0.4, 0.5) is 4.39 Å². The lowest BCUT2D eigenvalue weighted by Crippen LogP contribution is -2.33. The normalized spacial score (nSPS) is 21.5. The largest absolute Gasteiger partial charge is 0.371 e. The lowest BCUT2D eigenvalue weighted by Gasteiger charge is -2.24. The Morgan fingerprint density at radius 3 is 2.94 bits per heavy atom. The molecule has 0 radical (unpaired) electrons. The van der Waals surface area contributed by atoms with Crippen LogP contribution >= 0.6 is 0 Å². The third kappa shape index (κ3) is 3.79. The topological polar surface area (TPSA) is 21.3 Å². The fourth-order valence-electron chi connectivity index (χ4n) is 2.17. The number of rotatable bonds is 3. The van der Waals surface area contributed by atoms with Gasteiger partial charge < -0.3 is 10.1 Å². The smallest absolute Gasteiger partial charge is 0.109 e. The summed E-state index contributed by atoms with van der Waals surface area (Å²) >= 11 is 0. The minimum absolute atomic E-state index is 0.103. The highest BCUT2D eigenvalue weighted by molar-refractivity contribution is 5.26. The Bertz CT molecular complexity index is 367. The zero-order valence-electron chi connectivity index (χ0n) is 10.5. The molecule has 0 spiro atoms. The van der Waals surface area contributed by atoms with Crippen LogP contribution in [0.1, 0.15) is 31.1 Å². The van der Waals surface area contributed by atoms with Crippen molar-refractivity contribution in [1.82, 2.24) is 5.32 Å². The molecule has 3 heteroatoms. The molecular weight excluding hydrogens is 217 g/mol. The van der Waals surface area contributed by atoms with Crippen molar-refractivity contribution in [2.75, 3.05) is 19.7 Å². The minimum Gasteiger partial charge on any atom is -0.371 e. The maximum absolute atomic E-state index is 13.6. The Hall–Kier alpha value is -0.930. The van der Waals surface area contributed by atoms with Crippen LogP contribution in [-0.4, -0.2) is 25.4 Å². The van der Waals surface area contributed by atoms with Crippen molar-refractivity contribution < 1.29 is 9.13 Å². The maximum atomic E-state index is 13.6. The molecule has 1 N–H and O–H groups in total. The quantitative estimate of drug-likeness (QED) is 0.872. The summed E-state index contributed by atoms with van der Waals surface area (Å²) < 4.78 is 19.3.